The Bertz CT molecular complexity index is 903. The lowest BCUT2D eigenvalue weighted by atomic mass is 9.79. The van der Waals surface area contributed by atoms with Gasteiger partial charge in [-0.25, -0.2) is 0 Å². The summed E-state index contributed by atoms with van der Waals surface area (Å²) in [5.41, 5.74) is 7.64. The van der Waals surface area contributed by atoms with Gasteiger partial charge in [0.1, 0.15) is 0 Å². The van der Waals surface area contributed by atoms with Crippen molar-refractivity contribution in [3.63, 3.8) is 0 Å². The van der Waals surface area contributed by atoms with E-state index in [4.69, 9.17) is 0 Å². The number of benzene rings is 3. The van der Waals surface area contributed by atoms with Crippen molar-refractivity contribution in [3.8, 4) is 0 Å². The van der Waals surface area contributed by atoms with Crippen molar-refractivity contribution in [2.24, 2.45) is 0 Å². The lowest BCUT2D eigenvalue weighted by molar-refractivity contribution is 0.584. The van der Waals surface area contributed by atoms with E-state index in [9.17, 15) is 0 Å². The summed E-state index contributed by atoms with van der Waals surface area (Å²) in [5, 5.41) is 2.77. The van der Waals surface area contributed by atoms with E-state index in [1.54, 1.807) is 11.1 Å². The molecule has 0 bridgehead atoms. The molecular weight excluding hydrogens is 312 g/mol. The zero-order chi connectivity index (χ0) is 17.9. The summed E-state index contributed by atoms with van der Waals surface area (Å²) in [6.07, 6.45) is 8.63. The Kier molecular flexibility index (Phi) is 5.11. The van der Waals surface area contributed by atoms with Gasteiger partial charge < -0.3 is 0 Å². The van der Waals surface area contributed by atoms with E-state index in [1.165, 1.54) is 66.0 Å². The van der Waals surface area contributed by atoms with Crippen LogP contribution in [0.5, 0.6) is 0 Å². The van der Waals surface area contributed by atoms with Gasteiger partial charge >= 0.3 is 0 Å². The number of unbranched alkanes of at least 4 members (excludes halogenated alkanes) is 1. The van der Waals surface area contributed by atoms with Crippen LogP contribution in [0, 0.1) is 0 Å². The molecule has 4 rings (SSSR count). The van der Waals surface area contributed by atoms with Crippen molar-refractivity contribution in [3.05, 3.63) is 82.4 Å². The molecule has 0 aliphatic heterocycles. The summed E-state index contributed by atoms with van der Waals surface area (Å²) in [6, 6.07) is 21.3. The van der Waals surface area contributed by atoms with E-state index in [2.05, 4.69) is 68.4 Å². The van der Waals surface area contributed by atoms with Gasteiger partial charge in [0.05, 0.1) is 0 Å². The highest BCUT2D eigenvalue weighted by Gasteiger charge is 2.20. The maximum atomic E-state index is 2.48. The van der Waals surface area contributed by atoms with Crippen molar-refractivity contribution >= 4 is 10.8 Å². The lowest BCUT2D eigenvalue weighted by Crippen LogP contribution is -2.13. The molecular formula is C26H30. The fraction of sp³-hybridized carbons (Fsp3) is 0.385. The summed E-state index contributed by atoms with van der Waals surface area (Å²) >= 11 is 0. The van der Waals surface area contributed by atoms with Gasteiger partial charge in [-0.05, 0) is 83.0 Å². The minimum atomic E-state index is 0.666. The van der Waals surface area contributed by atoms with Gasteiger partial charge in [0, 0.05) is 0 Å². The molecule has 1 aliphatic carbocycles. The highest BCUT2D eigenvalue weighted by Crippen LogP contribution is 2.34. The maximum Gasteiger partial charge on any atom is -0.0118 e. The lowest BCUT2D eigenvalue weighted by Gasteiger charge is -2.26. The van der Waals surface area contributed by atoms with Crippen LogP contribution < -0.4 is 0 Å². The Balaban J connectivity index is 1.55. The van der Waals surface area contributed by atoms with E-state index in [-0.39, 0.29) is 0 Å². The minimum absolute atomic E-state index is 0.666. The Labute approximate surface area is 158 Å². The number of hydrogen-bond acceptors (Lipinski definition) is 0. The quantitative estimate of drug-likeness (QED) is 0.467. The topological polar surface area (TPSA) is 0 Å². The first-order chi connectivity index (χ1) is 12.8. The second-order valence-electron chi connectivity index (χ2n) is 7.94. The molecule has 0 aromatic heterocycles. The number of aryl methyl sites for hydroxylation is 3. The van der Waals surface area contributed by atoms with E-state index < -0.39 is 0 Å². The van der Waals surface area contributed by atoms with Crippen LogP contribution in [-0.4, -0.2) is 0 Å². The molecule has 0 heterocycles. The maximum absolute atomic E-state index is 2.48. The SMILES string of the molecule is CCCCc1ccc2c(c1)CCC(c1ccc3cc(CC)ccc3c1)C2. The van der Waals surface area contributed by atoms with Gasteiger partial charge in [0.25, 0.3) is 0 Å². The Morgan fingerprint density at radius 1 is 0.808 bits per heavy atom. The average molecular weight is 343 g/mol. The second-order valence-corrected chi connectivity index (χ2v) is 7.94. The fourth-order valence-electron chi connectivity index (χ4n) is 4.42. The van der Waals surface area contributed by atoms with Crippen LogP contribution in [0.2, 0.25) is 0 Å². The molecule has 0 saturated carbocycles. The first-order valence-corrected chi connectivity index (χ1v) is 10.4. The summed E-state index contributed by atoms with van der Waals surface area (Å²) in [7, 11) is 0. The molecule has 0 amide bonds. The molecule has 0 heteroatoms. The molecule has 1 unspecified atom stereocenters. The van der Waals surface area contributed by atoms with Crippen molar-refractivity contribution in [1.29, 1.82) is 0 Å². The van der Waals surface area contributed by atoms with E-state index in [1.807, 2.05) is 0 Å². The van der Waals surface area contributed by atoms with Crippen LogP contribution in [0.25, 0.3) is 10.8 Å². The van der Waals surface area contributed by atoms with Gasteiger partial charge in [0.15, 0.2) is 0 Å². The summed E-state index contributed by atoms with van der Waals surface area (Å²) < 4.78 is 0. The molecule has 134 valence electrons. The van der Waals surface area contributed by atoms with E-state index in [0.717, 1.165) is 6.42 Å². The van der Waals surface area contributed by atoms with Crippen LogP contribution in [0.3, 0.4) is 0 Å². The van der Waals surface area contributed by atoms with Gasteiger partial charge in [-0.2, -0.15) is 0 Å². The van der Waals surface area contributed by atoms with Crippen LogP contribution in [-0.2, 0) is 25.7 Å². The summed E-state index contributed by atoms with van der Waals surface area (Å²) in [5.74, 6) is 0.666. The van der Waals surface area contributed by atoms with Gasteiger partial charge in [0.2, 0.25) is 0 Å². The predicted molar refractivity (Wildman–Crippen MR) is 113 cm³/mol. The van der Waals surface area contributed by atoms with Crippen LogP contribution in [0.4, 0.5) is 0 Å². The molecule has 0 saturated heterocycles. The van der Waals surface area contributed by atoms with Crippen LogP contribution in [0.15, 0.2) is 54.6 Å². The second kappa shape index (κ2) is 7.66. The Morgan fingerprint density at radius 2 is 1.62 bits per heavy atom. The van der Waals surface area contributed by atoms with E-state index >= 15 is 0 Å². The third-order valence-corrected chi connectivity index (χ3v) is 6.13. The van der Waals surface area contributed by atoms with Gasteiger partial charge in [-0.15, -0.1) is 0 Å². The Hall–Kier alpha value is -2.08. The van der Waals surface area contributed by atoms with Crippen molar-refractivity contribution in [2.45, 2.75) is 64.7 Å². The summed E-state index contributed by atoms with van der Waals surface area (Å²) in [4.78, 5) is 0. The predicted octanol–water partition coefficient (Wildman–Crippen LogP) is 7.02. The molecule has 0 fully saturated rings. The molecule has 0 radical (unpaired) electrons. The van der Waals surface area contributed by atoms with Crippen molar-refractivity contribution in [1.82, 2.24) is 0 Å². The normalized spacial score (nSPS) is 16.6. The van der Waals surface area contributed by atoms with Crippen LogP contribution in [0.1, 0.15) is 66.8 Å². The van der Waals surface area contributed by atoms with Crippen molar-refractivity contribution in [2.75, 3.05) is 0 Å². The van der Waals surface area contributed by atoms with Crippen molar-refractivity contribution < 1.29 is 0 Å². The third-order valence-electron chi connectivity index (χ3n) is 6.13. The first kappa shape index (κ1) is 17.3. The zero-order valence-corrected chi connectivity index (χ0v) is 16.2. The largest absolute Gasteiger partial charge is 0.0654 e. The molecule has 0 nitrogen and oxygen atoms in total. The smallest absolute Gasteiger partial charge is 0.0118 e. The molecule has 0 N–H and O–H groups in total. The third kappa shape index (κ3) is 3.56. The minimum Gasteiger partial charge on any atom is -0.0654 e. The van der Waals surface area contributed by atoms with Crippen LogP contribution >= 0.6 is 0 Å². The Morgan fingerprint density at radius 3 is 2.46 bits per heavy atom. The van der Waals surface area contributed by atoms with E-state index in [0.29, 0.717) is 5.92 Å². The fourth-order valence-corrected chi connectivity index (χ4v) is 4.42. The highest BCUT2D eigenvalue weighted by atomic mass is 14.2. The van der Waals surface area contributed by atoms with Gasteiger partial charge in [-0.3, -0.25) is 0 Å². The molecule has 3 aromatic carbocycles. The standard InChI is InChI=1S/C26H30/c1-3-5-6-20-8-10-24-18-26(14-12-22(24)16-20)25-13-11-21-15-19(4-2)7-9-23(21)17-25/h7-11,13,15-17,26H,3-6,12,14,18H2,1-2H3. The first-order valence-electron chi connectivity index (χ1n) is 10.4. The number of hydrogen-bond donors (Lipinski definition) is 0. The molecule has 0 spiro atoms. The molecule has 3 aromatic rings. The number of fused-ring (bicyclic) bond motifs is 2. The van der Waals surface area contributed by atoms with Gasteiger partial charge in [-0.1, -0.05) is 74.9 Å². The number of rotatable bonds is 5. The molecule has 1 atom stereocenters. The highest BCUT2D eigenvalue weighted by molar-refractivity contribution is 5.84. The molecule has 26 heavy (non-hydrogen) atoms. The molecule has 1 aliphatic rings. The summed E-state index contributed by atoms with van der Waals surface area (Å²) in [6.45, 7) is 4.50. The monoisotopic (exact) mass is 342 g/mol. The average Bonchev–Trinajstić information content (AvgIpc) is 2.70. The zero-order valence-electron chi connectivity index (χ0n) is 16.2.